The predicted molar refractivity (Wildman–Crippen MR) is 173 cm³/mol. The second-order valence-electron chi connectivity index (χ2n) is 11.1. The Morgan fingerprint density at radius 1 is 0.850 bits per heavy atom. The van der Waals surface area contributed by atoms with Crippen molar-refractivity contribution < 1.29 is 9.53 Å². The number of carbonyl (C=O) groups excluding carboxylic acids is 1. The molecule has 1 unspecified atom stereocenters. The van der Waals surface area contributed by atoms with E-state index in [0.717, 1.165) is 11.8 Å². The number of rotatable bonds is 11. The Morgan fingerprint density at radius 2 is 1.38 bits per heavy atom. The van der Waals surface area contributed by atoms with Crippen molar-refractivity contribution in [3.05, 3.63) is 71.3 Å². The SMILES string of the molecule is CN/C(S)=N/N=C(/C(=N/N=C(\S)NC(C)(C)CCOC(C)(N)C(C)(C)C)c1ccccc1)c1ccc(C=O)cc1. The topological polar surface area (TPSA) is 126 Å². The van der Waals surface area contributed by atoms with Crippen molar-refractivity contribution in [3.63, 3.8) is 0 Å². The lowest BCUT2D eigenvalue weighted by Gasteiger charge is -2.39. The molecule has 0 aliphatic rings. The molecule has 0 spiro atoms. The molecule has 4 N–H and O–H groups in total. The van der Waals surface area contributed by atoms with Gasteiger partial charge >= 0.3 is 0 Å². The molecular weight excluding hydrogens is 543 g/mol. The highest BCUT2D eigenvalue weighted by atomic mass is 32.1. The van der Waals surface area contributed by atoms with Gasteiger partial charge in [0.15, 0.2) is 10.3 Å². The molecule has 1 atom stereocenters. The highest BCUT2D eigenvalue weighted by Crippen LogP contribution is 2.29. The van der Waals surface area contributed by atoms with Gasteiger partial charge in [0, 0.05) is 34.7 Å². The molecule has 0 aliphatic heterocycles. The molecule has 2 rings (SSSR count). The zero-order valence-electron chi connectivity index (χ0n) is 24.3. The molecule has 216 valence electrons. The number of benzene rings is 2. The van der Waals surface area contributed by atoms with Crippen LogP contribution in [0.3, 0.4) is 0 Å². The Morgan fingerprint density at radius 3 is 1.88 bits per heavy atom. The molecule has 2 aromatic carbocycles. The molecular formula is C29H41N7O2S2. The first-order valence-electron chi connectivity index (χ1n) is 12.9. The highest BCUT2D eigenvalue weighted by molar-refractivity contribution is 7.97. The lowest BCUT2D eigenvalue weighted by Crippen LogP contribution is -2.52. The minimum absolute atomic E-state index is 0.207. The fraction of sp³-hybridized carbons (Fsp3) is 0.414. The van der Waals surface area contributed by atoms with Crippen LogP contribution in [0.25, 0.3) is 0 Å². The van der Waals surface area contributed by atoms with Crippen LogP contribution in [0.4, 0.5) is 0 Å². The van der Waals surface area contributed by atoms with Gasteiger partial charge in [-0.15, -0.1) is 45.7 Å². The average Bonchev–Trinajstić information content (AvgIpc) is 2.89. The molecule has 0 aromatic heterocycles. The summed E-state index contributed by atoms with van der Waals surface area (Å²) in [6.45, 7) is 12.5. The van der Waals surface area contributed by atoms with Crippen LogP contribution in [0.2, 0.25) is 0 Å². The molecule has 0 aliphatic carbocycles. The van der Waals surface area contributed by atoms with Gasteiger partial charge in [-0.25, -0.2) is 0 Å². The maximum Gasteiger partial charge on any atom is 0.180 e. The quantitative estimate of drug-likeness (QED) is 0.0643. The number of nitrogens with one attached hydrogen (secondary N) is 2. The maximum atomic E-state index is 11.2. The van der Waals surface area contributed by atoms with Crippen molar-refractivity contribution in [2.75, 3.05) is 13.7 Å². The second-order valence-corrected chi connectivity index (χ2v) is 11.9. The molecule has 11 heteroatoms. The Balaban J connectivity index is 2.42. The minimum Gasteiger partial charge on any atom is -0.366 e. The number of amidine groups is 2. The summed E-state index contributed by atoms with van der Waals surface area (Å²) in [6, 6.07) is 16.5. The van der Waals surface area contributed by atoms with E-state index in [4.69, 9.17) is 10.5 Å². The van der Waals surface area contributed by atoms with Gasteiger partial charge in [-0.2, -0.15) is 0 Å². The first kappa shape index (κ1) is 33.2. The van der Waals surface area contributed by atoms with Crippen molar-refractivity contribution >= 4 is 53.3 Å². The van der Waals surface area contributed by atoms with Gasteiger partial charge in [0.2, 0.25) is 0 Å². The number of carbonyl (C=O) groups is 1. The first-order chi connectivity index (χ1) is 18.7. The van der Waals surface area contributed by atoms with Gasteiger partial charge in [0.05, 0.1) is 6.61 Å². The van der Waals surface area contributed by atoms with E-state index in [1.54, 1.807) is 31.3 Å². The molecule has 9 nitrogen and oxygen atoms in total. The van der Waals surface area contributed by atoms with Gasteiger partial charge in [0.1, 0.15) is 23.4 Å². The number of nitrogens with two attached hydrogens (primary N) is 1. The van der Waals surface area contributed by atoms with E-state index in [1.807, 2.05) is 71.9 Å². The fourth-order valence-corrected chi connectivity index (χ4v) is 3.56. The van der Waals surface area contributed by atoms with Crippen LogP contribution in [0.1, 0.15) is 69.4 Å². The second kappa shape index (κ2) is 14.6. The number of ether oxygens (including phenoxy) is 1. The molecule has 2 aromatic rings. The summed E-state index contributed by atoms with van der Waals surface area (Å²) >= 11 is 8.83. The summed E-state index contributed by atoms with van der Waals surface area (Å²) in [7, 11) is 1.69. The van der Waals surface area contributed by atoms with Gasteiger partial charge < -0.3 is 21.1 Å². The average molecular weight is 584 g/mol. The van der Waals surface area contributed by atoms with E-state index in [-0.39, 0.29) is 5.41 Å². The van der Waals surface area contributed by atoms with Crippen LogP contribution in [0, 0.1) is 5.41 Å². The van der Waals surface area contributed by atoms with Gasteiger partial charge in [-0.3, -0.25) is 4.79 Å². The molecule has 0 radical (unpaired) electrons. The predicted octanol–water partition coefficient (Wildman–Crippen LogP) is 4.89. The van der Waals surface area contributed by atoms with Crippen LogP contribution >= 0.6 is 25.3 Å². The van der Waals surface area contributed by atoms with E-state index >= 15 is 0 Å². The van der Waals surface area contributed by atoms with Crippen molar-refractivity contribution in [2.45, 2.75) is 59.2 Å². The monoisotopic (exact) mass is 583 g/mol. The fourth-order valence-electron chi connectivity index (χ4n) is 3.17. The number of nitrogens with zero attached hydrogens (tertiary/aromatic N) is 4. The van der Waals surface area contributed by atoms with Crippen LogP contribution in [-0.2, 0) is 4.74 Å². The zero-order chi connectivity index (χ0) is 30.0. The largest absolute Gasteiger partial charge is 0.366 e. The number of hydrogen-bond acceptors (Lipinski definition) is 7. The lowest BCUT2D eigenvalue weighted by atomic mass is 9.85. The van der Waals surface area contributed by atoms with Crippen molar-refractivity contribution in [1.29, 1.82) is 0 Å². The van der Waals surface area contributed by atoms with Crippen LogP contribution in [0.5, 0.6) is 0 Å². The van der Waals surface area contributed by atoms with Gasteiger partial charge in [0.25, 0.3) is 0 Å². The summed E-state index contributed by atoms with van der Waals surface area (Å²) in [5.74, 6) is 0. The summed E-state index contributed by atoms with van der Waals surface area (Å²) < 4.78 is 6.00. The van der Waals surface area contributed by atoms with Crippen LogP contribution in [-0.4, -0.2) is 53.0 Å². The third kappa shape index (κ3) is 10.2. The number of thiol groups is 2. The molecule has 0 bridgehead atoms. The normalized spacial score (nSPS) is 15.4. The van der Waals surface area contributed by atoms with Gasteiger partial charge in [-0.05, 0) is 27.2 Å². The first-order valence-corrected chi connectivity index (χ1v) is 13.8. The van der Waals surface area contributed by atoms with E-state index < -0.39 is 11.3 Å². The van der Waals surface area contributed by atoms with Crippen molar-refractivity contribution in [1.82, 2.24) is 10.6 Å². The molecule has 0 saturated carbocycles. The van der Waals surface area contributed by atoms with Crippen LogP contribution < -0.4 is 16.4 Å². The van der Waals surface area contributed by atoms with Crippen molar-refractivity contribution in [3.8, 4) is 0 Å². The number of hydrogen-bond donors (Lipinski definition) is 5. The molecule has 0 heterocycles. The van der Waals surface area contributed by atoms with E-state index in [9.17, 15) is 4.79 Å². The van der Waals surface area contributed by atoms with E-state index in [1.165, 1.54) is 0 Å². The molecule has 0 fully saturated rings. The Labute approximate surface area is 248 Å². The maximum absolute atomic E-state index is 11.2. The zero-order valence-corrected chi connectivity index (χ0v) is 26.1. The van der Waals surface area contributed by atoms with E-state index in [0.29, 0.717) is 45.9 Å². The van der Waals surface area contributed by atoms with E-state index in [2.05, 4.69) is 56.3 Å². The summed E-state index contributed by atoms with van der Waals surface area (Å²) in [5.41, 5.74) is 7.88. The molecule has 0 amide bonds. The highest BCUT2D eigenvalue weighted by Gasteiger charge is 2.35. The third-order valence-electron chi connectivity index (χ3n) is 6.37. The summed E-state index contributed by atoms with van der Waals surface area (Å²) in [5, 5.41) is 24.3. The molecule has 0 saturated heterocycles. The lowest BCUT2D eigenvalue weighted by molar-refractivity contribution is -0.103. The molecule has 40 heavy (non-hydrogen) atoms. The summed E-state index contributed by atoms with van der Waals surface area (Å²) in [4.78, 5) is 11.2. The Hall–Kier alpha value is -2.99. The van der Waals surface area contributed by atoms with Crippen molar-refractivity contribution in [2.24, 2.45) is 31.6 Å². The Bertz CT molecular complexity index is 1250. The number of aldehydes is 1. The van der Waals surface area contributed by atoms with Gasteiger partial charge in [-0.1, -0.05) is 75.4 Å². The standard InChI is InChI=1S/C29H41N7O2S2/c1-27(2,3)29(6,30)38-18-17-28(4,5)32-26(40)36-34-23(21-11-9-8-10-12-21)24(33-35-25(39)31-7)22-15-13-20(19-37)14-16-22/h8-16,19H,17-18,30H2,1-7H3,(H2,31,35,39)(H2,32,36,40)/b33-24+,34-23+. The Kier molecular flexibility index (Phi) is 12.1. The smallest absolute Gasteiger partial charge is 0.180 e. The minimum atomic E-state index is -0.766. The van der Waals surface area contributed by atoms with Crippen LogP contribution in [0.15, 0.2) is 75.0 Å². The third-order valence-corrected chi connectivity index (χ3v) is 6.89. The summed E-state index contributed by atoms with van der Waals surface area (Å²) in [6.07, 6.45) is 1.44.